The van der Waals surface area contributed by atoms with Gasteiger partial charge in [-0.15, -0.1) is 0 Å². The van der Waals surface area contributed by atoms with E-state index in [-0.39, 0.29) is 87.0 Å². The third-order valence-corrected chi connectivity index (χ3v) is 17.3. The molecule has 388 valence electrons. The molecule has 1 unspecified atom stereocenters. The zero-order valence-electron chi connectivity index (χ0n) is 40.8. The van der Waals surface area contributed by atoms with Crippen molar-refractivity contribution >= 4 is 43.7 Å². The van der Waals surface area contributed by atoms with Gasteiger partial charge in [-0.05, 0) is 78.1 Å². The highest BCUT2D eigenvalue weighted by Crippen LogP contribution is 2.26. The number of sulfonamides is 2. The molecular weight excluding hydrogens is 940 g/mol. The number of nitriles is 3. The van der Waals surface area contributed by atoms with E-state index in [1.165, 1.54) is 40.9 Å². The number of nitrogens with one attached hydrogen (secondary N) is 3. The number of rotatable bonds is 15. The quantitative estimate of drug-likeness (QED) is 0.186. The maximum atomic E-state index is 13.5. The van der Waals surface area contributed by atoms with Crippen LogP contribution in [-0.2, 0) is 48.7 Å². The Morgan fingerprint density at radius 2 is 1.16 bits per heavy atom. The van der Waals surface area contributed by atoms with Crippen LogP contribution < -0.4 is 16.0 Å². The monoisotopic (exact) mass is 1010 g/mol. The number of piperidine rings is 3. The molecule has 0 radical (unpaired) electrons. The van der Waals surface area contributed by atoms with Gasteiger partial charge in [0.05, 0.1) is 50.6 Å². The molecule has 6 rings (SSSR count). The minimum Gasteiger partial charge on any atom is -0.375 e. The Kier molecular flexibility index (Phi) is 22.4. The third kappa shape index (κ3) is 16.8. The number of nitrogens with zero attached hydrogens (tertiary/aromatic N) is 9. The van der Waals surface area contributed by atoms with E-state index in [4.69, 9.17) is 25.3 Å². The van der Waals surface area contributed by atoms with Crippen LogP contribution in [0.25, 0.3) is 0 Å². The van der Waals surface area contributed by atoms with E-state index < -0.39 is 43.2 Å². The second kappa shape index (κ2) is 26.9. The maximum absolute atomic E-state index is 13.5. The molecule has 6 saturated heterocycles. The summed E-state index contributed by atoms with van der Waals surface area (Å²) in [6.07, 6.45) is 7.64. The molecule has 0 aliphatic carbocycles. The highest BCUT2D eigenvalue weighted by molar-refractivity contribution is 7.89. The lowest BCUT2D eigenvalue weighted by Crippen LogP contribution is -2.56. The first kappa shape index (κ1) is 57.5. The number of ether oxygens (including phenoxy) is 2. The number of methoxy groups -OCH3 is 2. The van der Waals surface area contributed by atoms with Crippen LogP contribution in [0.4, 0.5) is 4.39 Å². The van der Waals surface area contributed by atoms with Crippen LogP contribution in [0.5, 0.6) is 0 Å². The van der Waals surface area contributed by atoms with Gasteiger partial charge >= 0.3 is 0 Å². The normalized spacial score (nSPS) is 25.3. The van der Waals surface area contributed by atoms with Gasteiger partial charge in [-0.1, -0.05) is 0 Å². The van der Waals surface area contributed by atoms with E-state index in [2.05, 4.69) is 28.1 Å². The first-order valence-corrected chi connectivity index (χ1v) is 27.2. The van der Waals surface area contributed by atoms with Crippen molar-refractivity contribution in [3.8, 4) is 18.2 Å². The van der Waals surface area contributed by atoms with Crippen molar-refractivity contribution in [1.29, 1.82) is 15.8 Å². The van der Waals surface area contributed by atoms with E-state index in [1.807, 2.05) is 13.0 Å². The summed E-state index contributed by atoms with van der Waals surface area (Å²) >= 11 is 0. The molecule has 25 heteroatoms. The molecule has 6 heterocycles. The van der Waals surface area contributed by atoms with Gasteiger partial charge in [0.2, 0.25) is 43.7 Å². The molecule has 0 spiro atoms. The minimum absolute atomic E-state index is 0.00180. The van der Waals surface area contributed by atoms with E-state index in [9.17, 15) is 40.4 Å². The topological polar surface area (TPSA) is 282 Å². The van der Waals surface area contributed by atoms with E-state index in [1.54, 1.807) is 14.7 Å². The molecule has 0 saturated carbocycles. The van der Waals surface area contributed by atoms with Crippen LogP contribution in [0.15, 0.2) is 0 Å². The van der Waals surface area contributed by atoms with Crippen LogP contribution in [-0.4, -0.2) is 222 Å². The maximum Gasteiger partial charge on any atom is 0.248 e. The summed E-state index contributed by atoms with van der Waals surface area (Å²) in [4.78, 5) is 54.6. The molecule has 0 aromatic heterocycles. The van der Waals surface area contributed by atoms with Gasteiger partial charge in [-0.3, -0.25) is 19.2 Å². The van der Waals surface area contributed by atoms with Crippen LogP contribution in [0.3, 0.4) is 0 Å². The van der Waals surface area contributed by atoms with Crippen LogP contribution in [0.2, 0.25) is 0 Å². The molecule has 3 N–H and O–H groups in total. The highest BCUT2D eigenvalue weighted by Gasteiger charge is 2.40. The first-order valence-electron chi connectivity index (χ1n) is 23.9. The van der Waals surface area contributed by atoms with Crippen LogP contribution in [0.1, 0.15) is 84.5 Å². The van der Waals surface area contributed by atoms with Crippen molar-refractivity contribution in [3.05, 3.63) is 0 Å². The van der Waals surface area contributed by atoms with Crippen molar-refractivity contribution in [2.75, 3.05) is 106 Å². The summed E-state index contributed by atoms with van der Waals surface area (Å²) in [6, 6.07) is 5.46. The second-order valence-electron chi connectivity index (χ2n) is 18.7. The molecule has 6 aliphatic rings. The number of carbonyl (C=O) groups excluding carboxylic acids is 4. The number of hydrogen-bond acceptors (Lipinski definition) is 16. The molecule has 6 aliphatic heterocycles. The Labute approximate surface area is 407 Å². The molecule has 6 fully saturated rings. The summed E-state index contributed by atoms with van der Waals surface area (Å²) in [5.41, 5.74) is -1.29. The number of halogens is 1. The first-order chi connectivity index (χ1) is 32.7. The highest BCUT2D eigenvalue weighted by atomic mass is 32.2. The summed E-state index contributed by atoms with van der Waals surface area (Å²) < 4.78 is 73.6. The lowest BCUT2D eigenvalue weighted by molar-refractivity contribution is -0.136. The largest absolute Gasteiger partial charge is 0.375 e. The Morgan fingerprint density at radius 3 is 1.61 bits per heavy atom. The molecule has 4 amide bonds. The molecular formula is C44H73FN12O10S2. The standard InChI is InChI=1S/C16H27FN4O4S.C15H24N4O3.C13H22N4O3S/c1-12(25-3)26(23,24)20-6-4-16(2,5-7-20)19-10-15(22)21-11-13(17)8-14(21)9-18;1-22-11-15(21)18-7-4-12(5-8-18)17-10-14(20)19-6-2-3-13(19)9-16;1-21(19,20)16-7-4-11(5-8-16)15-10-13(18)17-6-2-3-12(17)9-14/h12-14,19H,4-8,10-11H2,1-3H3;12-13,17H,2-8,10-11H2,1H3;11-12,15H,2-8,10H2,1H3/t12?,13-,14-;13-;12-/m000/s1. The molecule has 69 heavy (non-hydrogen) atoms. The number of hydrogen-bond donors (Lipinski definition) is 3. The fraction of sp³-hybridized carbons (Fsp3) is 0.841. The third-order valence-electron chi connectivity index (χ3n) is 13.9. The lowest BCUT2D eigenvalue weighted by Gasteiger charge is -2.40. The van der Waals surface area contributed by atoms with Crippen LogP contribution >= 0.6 is 0 Å². The summed E-state index contributed by atoms with van der Waals surface area (Å²) in [5.74, 6) is -0.321. The Balaban J connectivity index is 0.000000227. The van der Waals surface area contributed by atoms with Crippen molar-refractivity contribution in [2.45, 2.75) is 132 Å². The van der Waals surface area contributed by atoms with Crippen molar-refractivity contribution in [3.63, 3.8) is 0 Å². The molecule has 0 aromatic rings. The Morgan fingerprint density at radius 1 is 0.681 bits per heavy atom. The van der Waals surface area contributed by atoms with Crippen LogP contribution in [0, 0.1) is 34.0 Å². The fourth-order valence-electron chi connectivity index (χ4n) is 9.32. The SMILES string of the molecule is COC(C)S(=O)(=O)N1CCC(C)(NCC(=O)N2C[C@@H](F)C[C@H]2C#N)CC1.COCC(=O)N1CCC(NCC(=O)N2CCC[C@H]2C#N)CC1.CS(=O)(=O)N1CCC(NCC(=O)N2CCC[C@H]2C#N)CC1. The van der Waals surface area contributed by atoms with Gasteiger partial charge in [-0.25, -0.2) is 25.5 Å². The number of carbonyl (C=O) groups is 4. The van der Waals surface area contributed by atoms with Gasteiger partial charge in [0.15, 0.2) is 5.44 Å². The van der Waals surface area contributed by atoms with Crippen molar-refractivity contribution in [1.82, 2.24) is 44.2 Å². The molecule has 0 aromatic carbocycles. The second-order valence-corrected chi connectivity index (χ2v) is 22.9. The van der Waals surface area contributed by atoms with Gasteiger partial charge in [0.1, 0.15) is 30.9 Å². The number of amides is 4. The molecule has 5 atom stereocenters. The average Bonchev–Trinajstić information content (AvgIpc) is 4.12. The number of likely N-dealkylation sites (tertiary alicyclic amines) is 4. The van der Waals surface area contributed by atoms with E-state index >= 15 is 0 Å². The molecule has 22 nitrogen and oxygen atoms in total. The minimum atomic E-state index is -3.49. The summed E-state index contributed by atoms with van der Waals surface area (Å²) in [5, 5.41) is 36.7. The summed E-state index contributed by atoms with van der Waals surface area (Å²) in [7, 11) is -3.73. The van der Waals surface area contributed by atoms with E-state index in [0.29, 0.717) is 78.0 Å². The molecule has 0 bridgehead atoms. The Bertz CT molecular complexity index is 2080. The Hall–Kier alpha value is -4.10. The zero-order chi connectivity index (χ0) is 50.9. The lowest BCUT2D eigenvalue weighted by atomic mass is 9.90. The van der Waals surface area contributed by atoms with Gasteiger partial charge in [0, 0.05) is 90.6 Å². The van der Waals surface area contributed by atoms with Crippen molar-refractivity contribution < 1.29 is 49.9 Å². The summed E-state index contributed by atoms with van der Waals surface area (Å²) in [6.45, 7) is 8.41. The fourth-order valence-corrected chi connectivity index (χ4v) is 11.5. The average molecular weight is 1010 g/mol. The van der Waals surface area contributed by atoms with Gasteiger partial charge < -0.3 is 45.0 Å². The van der Waals surface area contributed by atoms with Gasteiger partial charge in [0.25, 0.3) is 0 Å². The smallest absolute Gasteiger partial charge is 0.248 e. The zero-order valence-corrected chi connectivity index (χ0v) is 42.4. The number of alkyl halides is 1. The van der Waals surface area contributed by atoms with Gasteiger partial charge in [-0.2, -0.15) is 20.1 Å². The predicted molar refractivity (Wildman–Crippen MR) is 251 cm³/mol. The predicted octanol–water partition coefficient (Wildman–Crippen LogP) is -0.542. The van der Waals surface area contributed by atoms with Crippen molar-refractivity contribution in [2.24, 2.45) is 0 Å². The van der Waals surface area contributed by atoms with E-state index in [0.717, 1.165) is 38.5 Å².